The van der Waals surface area contributed by atoms with Crippen LogP contribution < -0.4 is 10.6 Å². The van der Waals surface area contributed by atoms with Crippen LogP contribution in [0.15, 0.2) is 18.2 Å². The van der Waals surface area contributed by atoms with Gasteiger partial charge in [0, 0.05) is 7.11 Å². The van der Waals surface area contributed by atoms with Crippen molar-refractivity contribution in [2.45, 2.75) is 39.7 Å². The van der Waals surface area contributed by atoms with E-state index >= 15 is 0 Å². The molecule has 1 unspecified atom stereocenters. The number of nitrogens with one attached hydrogen (secondary N) is 2. The summed E-state index contributed by atoms with van der Waals surface area (Å²) in [7, 11) is 1.67. The summed E-state index contributed by atoms with van der Waals surface area (Å²) in [4.78, 5) is 12.9. The summed E-state index contributed by atoms with van der Waals surface area (Å²) in [6.07, 6.45) is 1.65. The highest BCUT2D eigenvalue weighted by Gasteiger charge is 2.40. The van der Waals surface area contributed by atoms with E-state index in [9.17, 15) is 4.79 Å². The normalized spacial score (nSPS) is 18.7. The van der Waals surface area contributed by atoms with Crippen LogP contribution in [0.3, 0.4) is 0 Å². The second-order valence-electron chi connectivity index (χ2n) is 6.45. The Morgan fingerprint density at radius 3 is 2.68 bits per heavy atom. The predicted molar refractivity (Wildman–Crippen MR) is 88.9 cm³/mol. The van der Waals surface area contributed by atoms with E-state index in [2.05, 4.69) is 49.6 Å². The van der Waals surface area contributed by atoms with E-state index in [1.807, 2.05) is 0 Å². The van der Waals surface area contributed by atoms with Crippen LogP contribution in [0.1, 0.15) is 42.5 Å². The van der Waals surface area contributed by atoms with E-state index in [1.165, 1.54) is 16.7 Å². The van der Waals surface area contributed by atoms with E-state index < -0.39 is 5.41 Å². The van der Waals surface area contributed by atoms with Gasteiger partial charge in [-0.05, 0) is 63.4 Å². The van der Waals surface area contributed by atoms with Crippen molar-refractivity contribution in [2.24, 2.45) is 5.41 Å². The molecule has 0 aliphatic carbocycles. The van der Waals surface area contributed by atoms with Gasteiger partial charge in [0.25, 0.3) is 0 Å². The Labute approximate surface area is 133 Å². The number of ether oxygens (including phenoxy) is 1. The van der Waals surface area contributed by atoms with E-state index in [1.54, 1.807) is 7.11 Å². The van der Waals surface area contributed by atoms with Crippen LogP contribution >= 0.6 is 0 Å². The number of methoxy groups -OCH3 is 1. The molecule has 1 aliphatic rings. The highest BCUT2D eigenvalue weighted by atomic mass is 16.5. The van der Waals surface area contributed by atoms with E-state index in [4.69, 9.17) is 4.74 Å². The maximum atomic E-state index is 12.9. The molecule has 1 saturated heterocycles. The Morgan fingerprint density at radius 2 is 2.05 bits per heavy atom. The first-order valence-corrected chi connectivity index (χ1v) is 8.07. The lowest BCUT2D eigenvalue weighted by Crippen LogP contribution is -2.50. The van der Waals surface area contributed by atoms with Gasteiger partial charge in [0.15, 0.2) is 0 Å². The molecule has 0 radical (unpaired) electrons. The smallest absolute Gasteiger partial charge is 0.229 e. The molecule has 122 valence electrons. The number of aryl methyl sites for hydroxylation is 1. The SMILES string of the molecule is COCC1(C(=O)NC(C)c2cccc(C)c2C)CCNCC1. The average Bonchev–Trinajstić information content (AvgIpc) is 2.51. The van der Waals surface area contributed by atoms with Gasteiger partial charge in [-0.2, -0.15) is 0 Å². The lowest BCUT2D eigenvalue weighted by Gasteiger charge is -2.36. The predicted octanol–water partition coefficient (Wildman–Crippen LogP) is 2.50. The summed E-state index contributed by atoms with van der Waals surface area (Å²) in [5, 5.41) is 6.53. The molecule has 1 aliphatic heterocycles. The van der Waals surface area contributed by atoms with Gasteiger partial charge < -0.3 is 15.4 Å². The van der Waals surface area contributed by atoms with E-state index in [-0.39, 0.29) is 11.9 Å². The van der Waals surface area contributed by atoms with Crippen molar-refractivity contribution in [1.29, 1.82) is 0 Å². The molecule has 1 amide bonds. The molecule has 0 aromatic heterocycles. The first-order valence-electron chi connectivity index (χ1n) is 8.07. The molecule has 0 bridgehead atoms. The number of carbonyl (C=O) groups is 1. The summed E-state index contributed by atoms with van der Waals surface area (Å²) >= 11 is 0. The van der Waals surface area contributed by atoms with Crippen molar-refractivity contribution >= 4 is 5.91 Å². The molecule has 2 rings (SSSR count). The maximum Gasteiger partial charge on any atom is 0.229 e. The van der Waals surface area contributed by atoms with Crippen LogP contribution in [0.2, 0.25) is 0 Å². The number of carbonyl (C=O) groups excluding carboxylic acids is 1. The fourth-order valence-corrected chi connectivity index (χ4v) is 3.29. The highest BCUT2D eigenvalue weighted by Crippen LogP contribution is 2.31. The number of piperidine rings is 1. The van der Waals surface area contributed by atoms with Gasteiger partial charge in [-0.3, -0.25) is 4.79 Å². The maximum absolute atomic E-state index is 12.9. The summed E-state index contributed by atoms with van der Waals surface area (Å²) in [5.74, 6) is 0.115. The third kappa shape index (κ3) is 3.50. The number of hydrogen-bond acceptors (Lipinski definition) is 3. The van der Waals surface area contributed by atoms with Gasteiger partial charge >= 0.3 is 0 Å². The molecule has 4 heteroatoms. The van der Waals surface area contributed by atoms with Crippen molar-refractivity contribution < 1.29 is 9.53 Å². The van der Waals surface area contributed by atoms with Crippen molar-refractivity contribution in [3.63, 3.8) is 0 Å². The van der Waals surface area contributed by atoms with Crippen molar-refractivity contribution in [3.05, 3.63) is 34.9 Å². The molecule has 4 nitrogen and oxygen atoms in total. The zero-order valence-electron chi connectivity index (χ0n) is 14.2. The fourth-order valence-electron chi connectivity index (χ4n) is 3.29. The van der Waals surface area contributed by atoms with Gasteiger partial charge in [-0.15, -0.1) is 0 Å². The molecule has 2 N–H and O–H groups in total. The topological polar surface area (TPSA) is 50.4 Å². The van der Waals surface area contributed by atoms with E-state index in [0.717, 1.165) is 25.9 Å². The Kier molecular flexibility index (Phi) is 5.59. The molecule has 0 spiro atoms. The van der Waals surface area contributed by atoms with Crippen LogP contribution in [-0.2, 0) is 9.53 Å². The third-order valence-corrected chi connectivity index (χ3v) is 4.92. The number of rotatable bonds is 5. The number of hydrogen-bond donors (Lipinski definition) is 2. The molecule has 1 aromatic rings. The van der Waals surface area contributed by atoms with Crippen LogP contribution in [0.4, 0.5) is 0 Å². The van der Waals surface area contributed by atoms with Gasteiger partial charge in [-0.1, -0.05) is 18.2 Å². The number of benzene rings is 1. The van der Waals surface area contributed by atoms with Crippen molar-refractivity contribution in [2.75, 3.05) is 26.8 Å². The Hall–Kier alpha value is -1.39. The Balaban J connectivity index is 2.13. The molecular weight excluding hydrogens is 276 g/mol. The zero-order chi connectivity index (χ0) is 16.2. The van der Waals surface area contributed by atoms with Crippen molar-refractivity contribution in [3.8, 4) is 0 Å². The Bertz CT molecular complexity index is 516. The summed E-state index contributed by atoms with van der Waals surface area (Å²) < 4.78 is 5.35. The monoisotopic (exact) mass is 304 g/mol. The van der Waals surface area contributed by atoms with Crippen LogP contribution in [0, 0.1) is 19.3 Å². The lowest BCUT2D eigenvalue weighted by molar-refractivity contribution is -0.136. The summed E-state index contributed by atoms with van der Waals surface area (Å²) in [6, 6.07) is 6.26. The van der Waals surface area contributed by atoms with Crippen LogP contribution in [0.25, 0.3) is 0 Å². The minimum Gasteiger partial charge on any atom is -0.384 e. The quantitative estimate of drug-likeness (QED) is 0.879. The van der Waals surface area contributed by atoms with Gasteiger partial charge in [-0.25, -0.2) is 0 Å². The van der Waals surface area contributed by atoms with Gasteiger partial charge in [0.05, 0.1) is 18.1 Å². The van der Waals surface area contributed by atoms with Crippen LogP contribution in [-0.4, -0.2) is 32.7 Å². The molecular formula is C18H28N2O2. The van der Waals surface area contributed by atoms with Crippen molar-refractivity contribution in [1.82, 2.24) is 10.6 Å². The summed E-state index contributed by atoms with van der Waals surface area (Å²) in [6.45, 7) is 8.50. The first kappa shape index (κ1) is 17.0. The molecule has 1 aromatic carbocycles. The van der Waals surface area contributed by atoms with Crippen LogP contribution in [0.5, 0.6) is 0 Å². The molecule has 22 heavy (non-hydrogen) atoms. The fraction of sp³-hybridized carbons (Fsp3) is 0.611. The standard InChI is InChI=1S/C18H28N2O2/c1-13-6-5-7-16(14(13)2)15(3)20-17(21)18(12-22-4)8-10-19-11-9-18/h5-7,15,19H,8-12H2,1-4H3,(H,20,21). The lowest BCUT2D eigenvalue weighted by atomic mass is 9.78. The molecule has 1 fully saturated rings. The van der Waals surface area contributed by atoms with Gasteiger partial charge in [0.2, 0.25) is 5.91 Å². The molecule has 1 heterocycles. The first-order chi connectivity index (χ1) is 10.5. The minimum atomic E-state index is -0.397. The zero-order valence-corrected chi connectivity index (χ0v) is 14.2. The largest absolute Gasteiger partial charge is 0.384 e. The second-order valence-corrected chi connectivity index (χ2v) is 6.45. The third-order valence-electron chi connectivity index (χ3n) is 4.92. The number of amides is 1. The average molecular weight is 304 g/mol. The highest BCUT2D eigenvalue weighted by molar-refractivity contribution is 5.83. The second kappa shape index (κ2) is 7.25. The van der Waals surface area contributed by atoms with E-state index in [0.29, 0.717) is 6.61 Å². The minimum absolute atomic E-state index is 0.0102. The Morgan fingerprint density at radius 1 is 1.36 bits per heavy atom. The molecule has 0 saturated carbocycles. The summed E-state index contributed by atoms with van der Waals surface area (Å²) in [5.41, 5.74) is 3.30. The molecule has 1 atom stereocenters. The van der Waals surface area contributed by atoms with Gasteiger partial charge in [0.1, 0.15) is 0 Å².